The Labute approximate surface area is 112 Å². The number of nitrogens with zero attached hydrogens (tertiary/aromatic N) is 1. The third kappa shape index (κ3) is 4.22. The van der Waals surface area contributed by atoms with Crippen molar-refractivity contribution in [2.24, 2.45) is 5.41 Å². The van der Waals surface area contributed by atoms with Gasteiger partial charge in [-0.25, -0.2) is 0 Å². The highest BCUT2D eigenvalue weighted by Gasteiger charge is 2.36. The van der Waals surface area contributed by atoms with Crippen molar-refractivity contribution in [3.8, 4) is 0 Å². The maximum absolute atomic E-state index is 5.69. The molecule has 2 saturated heterocycles. The molecule has 106 valence electrons. The van der Waals surface area contributed by atoms with E-state index in [1.807, 2.05) is 0 Å². The molecule has 0 amide bonds. The quantitative estimate of drug-likeness (QED) is 0.814. The first kappa shape index (κ1) is 14.3. The fourth-order valence-corrected chi connectivity index (χ4v) is 3.31. The summed E-state index contributed by atoms with van der Waals surface area (Å²) in [5.41, 5.74) is 0.384. The van der Waals surface area contributed by atoms with E-state index in [1.54, 1.807) is 0 Å². The first-order valence-electron chi connectivity index (χ1n) is 7.85. The molecule has 2 aliphatic heterocycles. The molecule has 2 heterocycles. The summed E-state index contributed by atoms with van der Waals surface area (Å²) >= 11 is 0. The number of rotatable bonds is 5. The zero-order valence-electron chi connectivity index (χ0n) is 12.0. The van der Waals surface area contributed by atoms with Gasteiger partial charge in [0, 0.05) is 25.1 Å². The zero-order chi connectivity index (χ0) is 12.7. The van der Waals surface area contributed by atoms with Crippen LogP contribution >= 0.6 is 0 Å². The molecular formula is C15H30N2O. The Hall–Kier alpha value is -0.120. The van der Waals surface area contributed by atoms with Gasteiger partial charge in [0.05, 0.1) is 6.61 Å². The highest BCUT2D eigenvalue weighted by Crippen LogP contribution is 2.29. The van der Waals surface area contributed by atoms with Crippen LogP contribution in [0.2, 0.25) is 0 Å². The predicted octanol–water partition coefficient (Wildman–Crippen LogP) is 2.27. The van der Waals surface area contributed by atoms with Gasteiger partial charge < -0.3 is 15.0 Å². The summed E-state index contributed by atoms with van der Waals surface area (Å²) < 4.78 is 5.69. The van der Waals surface area contributed by atoms with Gasteiger partial charge in [-0.1, -0.05) is 26.2 Å². The van der Waals surface area contributed by atoms with Gasteiger partial charge in [-0.2, -0.15) is 0 Å². The van der Waals surface area contributed by atoms with Crippen molar-refractivity contribution in [1.29, 1.82) is 0 Å². The lowest BCUT2D eigenvalue weighted by molar-refractivity contribution is 0.104. The van der Waals surface area contributed by atoms with Gasteiger partial charge in [0.2, 0.25) is 0 Å². The Balaban J connectivity index is 1.86. The Morgan fingerprint density at radius 1 is 1.11 bits per heavy atom. The maximum Gasteiger partial charge on any atom is 0.0547 e. The fourth-order valence-electron chi connectivity index (χ4n) is 3.31. The molecule has 18 heavy (non-hydrogen) atoms. The molecule has 2 rings (SSSR count). The summed E-state index contributed by atoms with van der Waals surface area (Å²) in [4.78, 5) is 2.70. The summed E-state index contributed by atoms with van der Waals surface area (Å²) in [5, 5.41) is 3.54. The lowest BCUT2D eigenvalue weighted by Crippen LogP contribution is -2.45. The van der Waals surface area contributed by atoms with Crippen LogP contribution in [-0.2, 0) is 4.74 Å². The van der Waals surface area contributed by atoms with Gasteiger partial charge >= 0.3 is 0 Å². The number of likely N-dealkylation sites (tertiary alicyclic amines) is 1. The number of hydrogen-bond acceptors (Lipinski definition) is 3. The van der Waals surface area contributed by atoms with E-state index in [0.717, 1.165) is 26.3 Å². The van der Waals surface area contributed by atoms with Crippen molar-refractivity contribution in [2.75, 3.05) is 45.9 Å². The lowest BCUT2D eigenvalue weighted by atomic mass is 9.86. The van der Waals surface area contributed by atoms with Crippen LogP contribution in [0.25, 0.3) is 0 Å². The molecule has 0 bridgehead atoms. The van der Waals surface area contributed by atoms with Gasteiger partial charge in [-0.15, -0.1) is 0 Å². The molecule has 3 nitrogen and oxygen atoms in total. The van der Waals surface area contributed by atoms with E-state index in [2.05, 4.69) is 17.1 Å². The fraction of sp³-hybridized carbons (Fsp3) is 1.00. The molecule has 1 atom stereocenters. The molecule has 0 aliphatic carbocycles. The lowest BCUT2D eigenvalue weighted by Gasteiger charge is -2.35. The molecule has 3 heteroatoms. The summed E-state index contributed by atoms with van der Waals surface area (Å²) in [7, 11) is 0. The van der Waals surface area contributed by atoms with Crippen LogP contribution in [-0.4, -0.2) is 50.8 Å². The topological polar surface area (TPSA) is 24.5 Å². The van der Waals surface area contributed by atoms with Crippen LogP contribution in [0.1, 0.15) is 45.4 Å². The predicted molar refractivity (Wildman–Crippen MR) is 75.9 cm³/mol. The smallest absolute Gasteiger partial charge is 0.0547 e. The zero-order valence-corrected chi connectivity index (χ0v) is 12.0. The average Bonchev–Trinajstić information content (AvgIpc) is 2.79. The van der Waals surface area contributed by atoms with Crippen LogP contribution in [0.4, 0.5) is 0 Å². The molecule has 0 spiro atoms. The van der Waals surface area contributed by atoms with E-state index in [1.165, 1.54) is 58.2 Å². The second kappa shape index (κ2) is 7.46. The molecule has 0 radical (unpaired) electrons. The molecule has 1 unspecified atom stereocenters. The van der Waals surface area contributed by atoms with Gasteiger partial charge in [-0.3, -0.25) is 0 Å². The summed E-state index contributed by atoms with van der Waals surface area (Å²) in [6, 6.07) is 0. The molecule has 2 fully saturated rings. The van der Waals surface area contributed by atoms with Crippen LogP contribution in [0.15, 0.2) is 0 Å². The van der Waals surface area contributed by atoms with E-state index >= 15 is 0 Å². The number of ether oxygens (including phenoxy) is 1. The molecule has 0 aromatic heterocycles. The normalized spacial score (nSPS) is 31.2. The number of hydrogen-bond donors (Lipinski definition) is 1. The third-order valence-corrected chi connectivity index (χ3v) is 4.44. The highest BCUT2D eigenvalue weighted by atomic mass is 16.5. The molecule has 0 saturated carbocycles. The van der Waals surface area contributed by atoms with E-state index in [9.17, 15) is 0 Å². The van der Waals surface area contributed by atoms with Gasteiger partial charge in [0.15, 0.2) is 0 Å². The summed E-state index contributed by atoms with van der Waals surface area (Å²) in [6.45, 7) is 10.1. The third-order valence-electron chi connectivity index (χ3n) is 4.44. The van der Waals surface area contributed by atoms with Crippen molar-refractivity contribution in [3.63, 3.8) is 0 Å². The molecule has 0 aromatic carbocycles. The van der Waals surface area contributed by atoms with E-state index in [4.69, 9.17) is 4.74 Å². The van der Waals surface area contributed by atoms with E-state index < -0.39 is 0 Å². The second-order valence-electron chi connectivity index (χ2n) is 6.13. The Morgan fingerprint density at radius 2 is 1.83 bits per heavy atom. The standard InChI is InChI=1S/C15H30N2O/c1-2-16-12-15(8-11-18-14-15)13-17-9-6-4-3-5-7-10-17/h16H,2-14H2,1H3. The summed E-state index contributed by atoms with van der Waals surface area (Å²) in [6.07, 6.45) is 8.30. The van der Waals surface area contributed by atoms with Crippen LogP contribution < -0.4 is 5.32 Å². The minimum atomic E-state index is 0.384. The molecular weight excluding hydrogens is 224 g/mol. The molecule has 0 aromatic rings. The van der Waals surface area contributed by atoms with Crippen LogP contribution in [0.3, 0.4) is 0 Å². The molecule has 2 aliphatic rings. The van der Waals surface area contributed by atoms with Crippen molar-refractivity contribution in [1.82, 2.24) is 10.2 Å². The first-order valence-corrected chi connectivity index (χ1v) is 7.85. The van der Waals surface area contributed by atoms with Crippen molar-refractivity contribution < 1.29 is 4.74 Å². The largest absolute Gasteiger partial charge is 0.381 e. The minimum Gasteiger partial charge on any atom is -0.381 e. The minimum absolute atomic E-state index is 0.384. The van der Waals surface area contributed by atoms with E-state index in [-0.39, 0.29) is 0 Å². The van der Waals surface area contributed by atoms with E-state index in [0.29, 0.717) is 5.41 Å². The van der Waals surface area contributed by atoms with Gasteiger partial charge in [0.25, 0.3) is 0 Å². The average molecular weight is 254 g/mol. The Bertz CT molecular complexity index is 219. The van der Waals surface area contributed by atoms with Gasteiger partial charge in [0.1, 0.15) is 0 Å². The van der Waals surface area contributed by atoms with Gasteiger partial charge in [-0.05, 0) is 38.9 Å². The van der Waals surface area contributed by atoms with Crippen molar-refractivity contribution >= 4 is 0 Å². The first-order chi connectivity index (χ1) is 8.85. The van der Waals surface area contributed by atoms with Crippen molar-refractivity contribution in [2.45, 2.75) is 45.4 Å². The summed E-state index contributed by atoms with van der Waals surface area (Å²) in [5.74, 6) is 0. The Kier molecular flexibility index (Phi) is 5.93. The number of nitrogens with one attached hydrogen (secondary N) is 1. The molecule has 1 N–H and O–H groups in total. The second-order valence-corrected chi connectivity index (χ2v) is 6.13. The van der Waals surface area contributed by atoms with Crippen molar-refractivity contribution in [3.05, 3.63) is 0 Å². The monoisotopic (exact) mass is 254 g/mol. The Morgan fingerprint density at radius 3 is 2.44 bits per heavy atom. The van der Waals surface area contributed by atoms with Crippen LogP contribution in [0.5, 0.6) is 0 Å². The maximum atomic E-state index is 5.69. The highest BCUT2D eigenvalue weighted by molar-refractivity contribution is 4.88. The SMILES string of the molecule is CCNCC1(CN2CCCCCCC2)CCOC1. The van der Waals surface area contributed by atoms with Crippen LogP contribution in [0, 0.1) is 5.41 Å².